The van der Waals surface area contributed by atoms with E-state index in [1.807, 2.05) is 24.3 Å². The second-order valence-corrected chi connectivity index (χ2v) is 5.65. The average Bonchev–Trinajstić information content (AvgIpc) is 2.59. The van der Waals surface area contributed by atoms with Crippen molar-refractivity contribution in [3.8, 4) is 0 Å². The van der Waals surface area contributed by atoms with Crippen molar-refractivity contribution in [3.05, 3.63) is 48.6 Å². The van der Waals surface area contributed by atoms with Gasteiger partial charge in [0.25, 0.3) is 0 Å². The van der Waals surface area contributed by atoms with Crippen molar-refractivity contribution in [2.75, 3.05) is 0 Å². The third-order valence-electron chi connectivity index (χ3n) is 3.39. The number of allylic oxidation sites excluding steroid dienone is 6. The number of aliphatic hydroxyl groups excluding tert-OH is 1. The van der Waals surface area contributed by atoms with E-state index < -0.39 is 12.1 Å². The van der Waals surface area contributed by atoms with E-state index in [1.54, 1.807) is 6.08 Å². The fraction of sp³-hybridized carbons (Fsp3) is 0.550. The second-order valence-electron chi connectivity index (χ2n) is 5.65. The largest absolute Gasteiger partial charge is 0.389 e. The molecule has 2 N–H and O–H groups in total. The maximum atomic E-state index is 10.7. The first-order valence-electron chi connectivity index (χ1n) is 8.86. The van der Waals surface area contributed by atoms with Crippen LogP contribution in [0.1, 0.15) is 64.7 Å². The predicted octanol–water partition coefficient (Wildman–Crippen LogP) is 5.12. The summed E-state index contributed by atoms with van der Waals surface area (Å²) in [5.41, 5.74) is 0. The van der Waals surface area contributed by atoms with Gasteiger partial charge in [-0.3, -0.25) is 0 Å². The Kier molecular flexibility index (Phi) is 16.5. The lowest BCUT2D eigenvalue weighted by Gasteiger charge is -1.99. The van der Waals surface area contributed by atoms with Crippen LogP contribution >= 0.6 is 0 Å². The maximum Gasteiger partial charge on any atom is 0.342 e. The van der Waals surface area contributed by atoms with E-state index in [-0.39, 0.29) is 6.42 Å². The van der Waals surface area contributed by atoms with Crippen LogP contribution < -0.4 is 0 Å². The van der Waals surface area contributed by atoms with E-state index in [0.717, 1.165) is 19.3 Å². The number of rotatable bonds is 14. The molecule has 0 radical (unpaired) electrons. The number of hydrogen-bond acceptors (Lipinski definition) is 4. The molecule has 0 aliphatic rings. The normalized spacial score (nSPS) is 13.6. The third-order valence-corrected chi connectivity index (χ3v) is 3.39. The highest BCUT2D eigenvalue weighted by molar-refractivity contribution is 5.68. The zero-order chi connectivity index (χ0) is 17.9. The van der Waals surface area contributed by atoms with Crippen LogP contribution in [0.3, 0.4) is 0 Å². The van der Waals surface area contributed by atoms with Crippen LogP contribution in [0, 0.1) is 0 Å². The molecule has 136 valence electrons. The van der Waals surface area contributed by atoms with Crippen LogP contribution in [0.2, 0.25) is 0 Å². The van der Waals surface area contributed by atoms with Gasteiger partial charge in [-0.2, -0.15) is 5.26 Å². The Balaban J connectivity index is 3.64. The molecule has 0 saturated carbocycles. The van der Waals surface area contributed by atoms with Crippen molar-refractivity contribution in [2.45, 2.75) is 70.8 Å². The fourth-order valence-corrected chi connectivity index (χ4v) is 2.00. The number of unbranched alkanes of at least 4 members (excludes halogenated alkanes) is 4. The van der Waals surface area contributed by atoms with Gasteiger partial charge in [0.05, 0.1) is 6.10 Å². The van der Waals surface area contributed by atoms with Crippen molar-refractivity contribution in [3.63, 3.8) is 0 Å². The van der Waals surface area contributed by atoms with Crippen LogP contribution in [0.5, 0.6) is 0 Å². The van der Waals surface area contributed by atoms with Gasteiger partial charge in [0.2, 0.25) is 0 Å². The van der Waals surface area contributed by atoms with Gasteiger partial charge in [-0.1, -0.05) is 68.4 Å². The lowest BCUT2D eigenvalue weighted by Crippen LogP contribution is -2.00. The molecular weight excluding hydrogens is 304 g/mol. The minimum atomic E-state index is -0.617. The van der Waals surface area contributed by atoms with Crippen LogP contribution in [-0.4, -0.2) is 22.4 Å². The van der Waals surface area contributed by atoms with E-state index in [2.05, 4.69) is 30.0 Å². The van der Waals surface area contributed by atoms with Crippen LogP contribution in [0.4, 0.5) is 0 Å². The number of aliphatic hydroxyl groups is 1. The lowest BCUT2D eigenvalue weighted by atomic mass is 10.2. The standard InChI is InChI=1S/C20H32O4/c1-2-3-4-5-6-7-8-9-10-13-16-19(21)17-14-11-12-15-18-20(22)24-23/h6-7,9-11,13-14,16,19,21,23H,2-5,8,12,15,17-18H2,1H3/t19-/m0/s1. The summed E-state index contributed by atoms with van der Waals surface area (Å²) in [7, 11) is 0. The first-order chi connectivity index (χ1) is 11.7. The van der Waals surface area contributed by atoms with E-state index in [1.165, 1.54) is 19.3 Å². The molecule has 0 aromatic carbocycles. The van der Waals surface area contributed by atoms with Crippen molar-refractivity contribution in [1.82, 2.24) is 0 Å². The van der Waals surface area contributed by atoms with Crippen LogP contribution in [0.25, 0.3) is 0 Å². The third kappa shape index (κ3) is 16.7. The molecule has 0 fully saturated rings. The Bertz CT molecular complexity index is 408. The van der Waals surface area contributed by atoms with E-state index >= 15 is 0 Å². The first kappa shape index (κ1) is 22.4. The first-order valence-corrected chi connectivity index (χ1v) is 8.86. The van der Waals surface area contributed by atoms with E-state index in [0.29, 0.717) is 12.8 Å². The van der Waals surface area contributed by atoms with Gasteiger partial charge in [0.15, 0.2) is 0 Å². The van der Waals surface area contributed by atoms with Gasteiger partial charge >= 0.3 is 5.97 Å². The maximum absolute atomic E-state index is 10.7. The van der Waals surface area contributed by atoms with Gasteiger partial charge in [-0.15, -0.1) is 0 Å². The summed E-state index contributed by atoms with van der Waals surface area (Å²) >= 11 is 0. The smallest absolute Gasteiger partial charge is 0.342 e. The van der Waals surface area contributed by atoms with Crippen molar-refractivity contribution in [1.29, 1.82) is 0 Å². The zero-order valence-electron chi connectivity index (χ0n) is 14.8. The highest BCUT2D eigenvalue weighted by Gasteiger charge is 1.99. The van der Waals surface area contributed by atoms with Crippen molar-refractivity contribution >= 4 is 5.97 Å². The SMILES string of the molecule is CCCCCC=CCC=CC=C[C@H](O)CC=CCCCC(=O)OO. The predicted molar refractivity (Wildman–Crippen MR) is 98.5 cm³/mol. The molecule has 0 spiro atoms. The minimum Gasteiger partial charge on any atom is -0.389 e. The minimum absolute atomic E-state index is 0.196. The van der Waals surface area contributed by atoms with Gasteiger partial charge in [-0.05, 0) is 38.5 Å². The van der Waals surface area contributed by atoms with Gasteiger partial charge in [0, 0.05) is 6.42 Å². The molecular formula is C20H32O4. The Labute approximate surface area is 146 Å². The molecule has 4 nitrogen and oxygen atoms in total. The molecule has 0 rings (SSSR count). The van der Waals surface area contributed by atoms with Gasteiger partial charge in [0.1, 0.15) is 0 Å². The summed E-state index contributed by atoms with van der Waals surface area (Å²) in [6.07, 6.45) is 23.3. The summed E-state index contributed by atoms with van der Waals surface area (Å²) in [4.78, 5) is 14.2. The highest BCUT2D eigenvalue weighted by atomic mass is 17.1. The molecule has 1 atom stereocenters. The second kappa shape index (κ2) is 17.7. The molecule has 0 bridgehead atoms. The quantitative estimate of drug-likeness (QED) is 0.152. The molecule has 0 amide bonds. The topological polar surface area (TPSA) is 66.8 Å². The van der Waals surface area contributed by atoms with E-state index in [9.17, 15) is 9.90 Å². The van der Waals surface area contributed by atoms with Crippen molar-refractivity contribution in [2.24, 2.45) is 0 Å². The Morgan fingerprint density at radius 1 is 1.00 bits per heavy atom. The zero-order valence-corrected chi connectivity index (χ0v) is 14.8. The van der Waals surface area contributed by atoms with Crippen LogP contribution in [-0.2, 0) is 9.68 Å². The summed E-state index contributed by atoms with van der Waals surface area (Å²) in [5.74, 6) is -0.617. The Hall–Kier alpha value is -1.65. The van der Waals surface area contributed by atoms with Crippen molar-refractivity contribution < 1.29 is 20.0 Å². The lowest BCUT2D eigenvalue weighted by molar-refractivity contribution is -0.234. The monoisotopic (exact) mass is 336 g/mol. The number of carbonyl (C=O) groups is 1. The summed E-state index contributed by atoms with van der Waals surface area (Å²) in [6.45, 7) is 2.21. The Morgan fingerprint density at radius 2 is 1.75 bits per heavy atom. The van der Waals surface area contributed by atoms with Crippen LogP contribution in [0.15, 0.2) is 48.6 Å². The van der Waals surface area contributed by atoms with Gasteiger partial charge < -0.3 is 9.99 Å². The number of carbonyl (C=O) groups excluding carboxylic acids is 1. The molecule has 0 saturated heterocycles. The summed E-state index contributed by atoms with van der Waals surface area (Å²) < 4.78 is 0. The summed E-state index contributed by atoms with van der Waals surface area (Å²) in [6, 6.07) is 0. The molecule has 0 aromatic heterocycles. The molecule has 0 aliphatic heterocycles. The average molecular weight is 336 g/mol. The Morgan fingerprint density at radius 3 is 2.50 bits per heavy atom. The fourth-order valence-electron chi connectivity index (χ4n) is 2.00. The molecule has 0 unspecified atom stereocenters. The molecule has 24 heavy (non-hydrogen) atoms. The van der Waals surface area contributed by atoms with Gasteiger partial charge in [-0.25, -0.2) is 4.79 Å². The van der Waals surface area contributed by atoms with E-state index in [4.69, 9.17) is 5.26 Å². The summed E-state index contributed by atoms with van der Waals surface area (Å²) in [5, 5.41) is 17.8. The molecule has 0 aliphatic carbocycles. The number of hydrogen-bond donors (Lipinski definition) is 2. The molecule has 0 aromatic rings. The molecule has 4 heteroatoms. The highest BCUT2D eigenvalue weighted by Crippen LogP contribution is 2.02. The molecule has 0 heterocycles.